The predicted molar refractivity (Wildman–Crippen MR) is 128 cm³/mol. The monoisotopic (exact) mass is 471 g/mol. The van der Waals surface area contributed by atoms with Crippen molar-refractivity contribution in [3.05, 3.63) is 56.5 Å². The van der Waals surface area contributed by atoms with Gasteiger partial charge in [0.05, 0.1) is 6.61 Å². The molecular weight excluding hydrogens is 441 g/mol. The van der Waals surface area contributed by atoms with E-state index in [1.54, 1.807) is 24.3 Å². The maximum Gasteiger partial charge on any atom is 0.163 e. The normalized spacial score (nSPS) is 12.2. The van der Waals surface area contributed by atoms with Gasteiger partial charge >= 0.3 is 0 Å². The highest BCUT2D eigenvalue weighted by Gasteiger charge is 2.25. The van der Waals surface area contributed by atoms with Crippen molar-refractivity contribution < 1.29 is 9.47 Å². The highest BCUT2D eigenvalue weighted by Crippen LogP contribution is 2.36. The van der Waals surface area contributed by atoms with Gasteiger partial charge in [-0.3, -0.25) is 0 Å². The van der Waals surface area contributed by atoms with Crippen LogP contribution < -0.4 is 14.8 Å². The van der Waals surface area contributed by atoms with Crippen molar-refractivity contribution in [3.63, 3.8) is 0 Å². The van der Waals surface area contributed by atoms with Crippen molar-refractivity contribution in [2.45, 2.75) is 66.7 Å². The number of halogens is 3. The maximum absolute atomic E-state index is 6.58. The van der Waals surface area contributed by atoms with Gasteiger partial charge in [0.2, 0.25) is 0 Å². The van der Waals surface area contributed by atoms with Crippen LogP contribution in [0.25, 0.3) is 0 Å². The number of hydrogen-bond donors (Lipinski definition) is 1. The highest BCUT2D eigenvalue weighted by molar-refractivity contribution is 6.36. The molecule has 2 rings (SSSR count). The van der Waals surface area contributed by atoms with Gasteiger partial charge in [-0.15, -0.1) is 0 Å². The molecule has 0 aliphatic rings. The summed E-state index contributed by atoms with van der Waals surface area (Å²) in [5, 5.41) is 5.37. The zero-order chi connectivity index (χ0) is 22.5. The van der Waals surface area contributed by atoms with Crippen LogP contribution >= 0.6 is 34.8 Å². The number of rotatable bonds is 9. The van der Waals surface area contributed by atoms with E-state index in [0.29, 0.717) is 39.7 Å². The molecule has 166 valence electrons. The van der Waals surface area contributed by atoms with Gasteiger partial charge in [-0.25, -0.2) is 0 Å². The van der Waals surface area contributed by atoms with E-state index >= 15 is 0 Å². The molecule has 30 heavy (non-hydrogen) atoms. The second-order valence-electron chi connectivity index (χ2n) is 9.29. The van der Waals surface area contributed by atoms with Gasteiger partial charge in [0.25, 0.3) is 0 Å². The quantitative estimate of drug-likeness (QED) is 0.402. The Labute approximate surface area is 196 Å². The van der Waals surface area contributed by atoms with Crippen LogP contribution in [0, 0.1) is 5.41 Å². The molecule has 2 aromatic carbocycles. The Morgan fingerprint density at radius 2 is 1.47 bits per heavy atom. The molecule has 1 N–H and O–H groups in total. The van der Waals surface area contributed by atoms with E-state index < -0.39 is 0 Å². The van der Waals surface area contributed by atoms with Crippen molar-refractivity contribution in [2.24, 2.45) is 5.41 Å². The van der Waals surface area contributed by atoms with Gasteiger partial charge in [-0.05, 0) is 56.4 Å². The SMILES string of the molecule is CCOc1cc(CNC(C)(C)CC(C)(C)C)c(Cl)cc1OCc1c(Cl)cccc1Cl. The van der Waals surface area contributed by atoms with Crippen LogP contribution in [-0.2, 0) is 13.2 Å². The van der Waals surface area contributed by atoms with Crippen LogP contribution in [0.15, 0.2) is 30.3 Å². The summed E-state index contributed by atoms with van der Waals surface area (Å²) in [6, 6.07) is 9.12. The average Bonchev–Trinajstić information content (AvgIpc) is 2.60. The number of benzene rings is 2. The molecule has 3 nitrogen and oxygen atoms in total. The molecule has 0 saturated carbocycles. The highest BCUT2D eigenvalue weighted by atomic mass is 35.5. The Kier molecular flexibility index (Phi) is 8.76. The van der Waals surface area contributed by atoms with Gasteiger partial charge in [0, 0.05) is 38.8 Å². The van der Waals surface area contributed by atoms with Crippen LogP contribution in [0.1, 0.15) is 59.1 Å². The lowest BCUT2D eigenvalue weighted by Gasteiger charge is -2.33. The van der Waals surface area contributed by atoms with Crippen molar-refractivity contribution in [2.75, 3.05) is 6.61 Å². The molecule has 0 bridgehead atoms. The van der Waals surface area contributed by atoms with Crippen molar-refractivity contribution in [1.29, 1.82) is 0 Å². The minimum atomic E-state index is -0.0245. The minimum Gasteiger partial charge on any atom is -0.490 e. The van der Waals surface area contributed by atoms with Crippen molar-refractivity contribution >= 4 is 34.8 Å². The van der Waals surface area contributed by atoms with Gasteiger partial charge in [-0.2, -0.15) is 0 Å². The molecule has 0 radical (unpaired) electrons. The summed E-state index contributed by atoms with van der Waals surface area (Å²) in [6.07, 6.45) is 1.04. The molecule has 0 aliphatic carbocycles. The molecule has 0 atom stereocenters. The molecule has 2 aromatic rings. The van der Waals surface area contributed by atoms with Crippen molar-refractivity contribution in [3.8, 4) is 11.5 Å². The molecule has 0 amide bonds. The Morgan fingerprint density at radius 3 is 2.03 bits per heavy atom. The van der Waals surface area contributed by atoms with E-state index in [2.05, 4.69) is 39.9 Å². The van der Waals surface area contributed by atoms with Crippen LogP contribution in [0.5, 0.6) is 11.5 Å². The largest absolute Gasteiger partial charge is 0.490 e. The summed E-state index contributed by atoms with van der Waals surface area (Å²) >= 11 is 19.1. The fourth-order valence-electron chi connectivity index (χ4n) is 3.64. The van der Waals surface area contributed by atoms with Gasteiger partial charge in [-0.1, -0.05) is 61.6 Å². The zero-order valence-corrected chi connectivity index (χ0v) is 20.9. The fraction of sp³-hybridized carbons (Fsp3) is 0.500. The maximum atomic E-state index is 6.58. The molecule has 0 spiro atoms. The smallest absolute Gasteiger partial charge is 0.163 e. The molecular formula is C24H32Cl3NO2. The minimum absolute atomic E-state index is 0.0245. The van der Waals surface area contributed by atoms with Crippen molar-refractivity contribution in [1.82, 2.24) is 5.32 Å². The summed E-state index contributed by atoms with van der Waals surface area (Å²) in [6.45, 7) is 14.5. The number of hydrogen-bond acceptors (Lipinski definition) is 3. The number of nitrogens with one attached hydrogen (secondary N) is 1. The fourth-order valence-corrected chi connectivity index (χ4v) is 4.36. The van der Waals surface area contributed by atoms with E-state index in [-0.39, 0.29) is 17.6 Å². The van der Waals surface area contributed by atoms with Crippen LogP contribution in [0.4, 0.5) is 0 Å². The summed E-state index contributed by atoms with van der Waals surface area (Å²) in [7, 11) is 0. The lowest BCUT2D eigenvalue weighted by Crippen LogP contribution is -2.41. The average molecular weight is 473 g/mol. The molecule has 0 heterocycles. The first-order valence-corrected chi connectivity index (χ1v) is 11.3. The van der Waals surface area contributed by atoms with Crippen LogP contribution in [-0.4, -0.2) is 12.1 Å². The van der Waals surface area contributed by atoms with E-state index in [9.17, 15) is 0 Å². The topological polar surface area (TPSA) is 30.5 Å². The molecule has 6 heteroatoms. The summed E-state index contributed by atoms with van der Waals surface area (Å²) in [5.41, 5.74) is 1.90. The van der Waals surface area contributed by atoms with Gasteiger partial charge in [0.15, 0.2) is 11.5 Å². The third-order valence-electron chi connectivity index (χ3n) is 4.58. The molecule has 0 fully saturated rings. The van der Waals surface area contributed by atoms with Crippen LogP contribution in [0.3, 0.4) is 0 Å². The second kappa shape index (κ2) is 10.5. The van der Waals surface area contributed by atoms with Gasteiger partial charge < -0.3 is 14.8 Å². The number of ether oxygens (including phenoxy) is 2. The molecule has 0 aromatic heterocycles. The Bertz CT molecular complexity index is 840. The standard InChI is InChI=1S/C24H32Cl3NO2/c1-7-29-21-11-16(13-28-24(5,6)15-23(2,3)4)20(27)12-22(21)30-14-17-18(25)9-8-10-19(17)26/h8-12,28H,7,13-15H2,1-6H3. The third kappa shape index (κ3) is 7.53. The van der Waals surface area contributed by atoms with E-state index in [1.165, 1.54) is 0 Å². The summed E-state index contributed by atoms with van der Waals surface area (Å²) in [4.78, 5) is 0. The lowest BCUT2D eigenvalue weighted by atomic mass is 9.82. The van der Waals surface area contributed by atoms with E-state index in [0.717, 1.165) is 17.5 Å². The first-order chi connectivity index (χ1) is 13.9. The van der Waals surface area contributed by atoms with Gasteiger partial charge in [0.1, 0.15) is 6.61 Å². The Morgan fingerprint density at radius 1 is 0.867 bits per heavy atom. The summed E-state index contributed by atoms with van der Waals surface area (Å²) < 4.78 is 11.8. The second-order valence-corrected chi connectivity index (χ2v) is 10.5. The lowest BCUT2D eigenvalue weighted by molar-refractivity contribution is 0.240. The zero-order valence-electron chi connectivity index (χ0n) is 18.7. The van der Waals surface area contributed by atoms with E-state index in [1.807, 2.05) is 13.0 Å². The first-order valence-electron chi connectivity index (χ1n) is 10.2. The summed E-state index contributed by atoms with van der Waals surface area (Å²) in [5.74, 6) is 1.21. The van der Waals surface area contributed by atoms with Crippen LogP contribution in [0.2, 0.25) is 15.1 Å². The predicted octanol–water partition coefficient (Wildman–Crippen LogP) is 7.93. The molecule has 0 saturated heterocycles. The Hall–Kier alpha value is -1.13. The molecule has 0 unspecified atom stereocenters. The Balaban J connectivity index is 2.19. The third-order valence-corrected chi connectivity index (χ3v) is 5.64. The molecule has 0 aliphatic heterocycles. The first kappa shape index (κ1) is 25.1. The van der Waals surface area contributed by atoms with E-state index in [4.69, 9.17) is 44.3 Å².